The number of piperidine rings is 1. The lowest BCUT2D eigenvalue weighted by molar-refractivity contribution is -0.126. The molecular weight excluding hydrogens is 294 g/mol. The van der Waals surface area contributed by atoms with Crippen LogP contribution < -0.4 is 10.9 Å². The fourth-order valence-corrected chi connectivity index (χ4v) is 2.98. The van der Waals surface area contributed by atoms with Crippen molar-refractivity contribution in [2.24, 2.45) is 5.92 Å². The van der Waals surface area contributed by atoms with E-state index in [-0.39, 0.29) is 17.4 Å². The van der Waals surface area contributed by atoms with Gasteiger partial charge in [0, 0.05) is 13.1 Å². The van der Waals surface area contributed by atoms with Crippen molar-refractivity contribution in [3.05, 3.63) is 34.6 Å². The van der Waals surface area contributed by atoms with Crippen LogP contribution in [-0.4, -0.2) is 52.5 Å². The minimum absolute atomic E-state index is 0.0353. The number of amides is 1. The summed E-state index contributed by atoms with van der Waals surface area (Å²) in [5.74, 6) is 0.0894. The van der Waals surface area contributed by atoms with E-state index in [0.29, 0.717) is 24.0 Å². The molecule has 1 N–H and O–H groups in total. The molecule has 7 nitrogen and oxygen atoms in total. The number of carbonyl (C=O) groups is 1. The van der Waals surface area contributed by atoms with Crippen LogP contribution in [-0.2, 0) is 11.3 Å². The van der Waals surface area contributed by atoms with Crippen LogP contribution in [0.2, 0.25) is 0 Å². The highest BCUT2D eigenvalue weighted by molar-refractivity contribution is 5.79. The number of hydrogen-bond donors (Lipinski definition) is 1. The number of aromatic nitrogens is 3. The van der Waals surface area contributed by atoms with E-state index >= 15 is 0 Å². The number of fused-ring (bicyclic) bond motifs is 1. The molecule has 1 amide bonds. The van der Waals surface area contributed by atoms with Gasteiger partial charge >= 0.3 is 0 Å². The number of nitrogens with one attached hydrogen (secondary N) is 1. The van der Waals surface area contributed by atoms with Crippen LogP contribution in [0.15, 0.2) is 29.1 Å². The molecule has 1 aliphatic rings. The fraction of sp³-hybridized carbons (Fsp3) is 0.500. The molecule has 1 atom stereocenters. The van der Waals surface area contributed by atoms with Crippen LogP contribution in [0.1, 0.15) is 12.8 Å². The first kappa shape index (κ1) is 15.6. The molecule has 0 saturated carbocycles. The van der Waals surface area contributed by atoms with E-state index in [1.807, 2.05) is 13.1 Å². The smallest absolute Gasteiger partial charge is 0.277 e. The van der Waals surface area contributed by atoms with Gasteiger partial charge < -0.3 is 10.2 Å². The number of likely N-dealkylation sites (tertiary alicyclic amines) is 1. The maximum absolute atomic E-state index is 12.3. The number of hydrogen-bond acceptors (Lipinski definition) is 5. The summed E-state index contributed by atoms with van der Waals surface area (Å²) in [6.07, 6.45) is 1.97. The van der Waals surface area contributed by atoms with Crippen molar-refractivity contribution in [2.75, 3.05) is 26.7 Å². The minimum atomic E-state index is -0.178. The third-order valence-electron chi connectivity index (χ3n) is 4.25. The summed E-state index contributed by atoms with van der Waals surface area (Å²) in [5.41, 5.74) is 0.408. The van der Waals surface area contributed by atoms with Gasteiger partial charge in [0.25, 0.3) is 5.56 Å². The molecule has 1 saturated heterocycles. The van der Waals surface area contributed by atoms with Crippen molar-refractivity contribution in [2.45, 2.75) is 19.4 Å². The maximum atomic E-state index is 12.3. The molecule has 0 spiro atoms. The van der Waals surface area contributed by atoms with Gasteiger partial charge in [-0.1, -0.05) is 17.3 Å². The summed E-state index contributed by atoms with van der Waals surface area (Å²) in [4.78, 5) is 26.6. The SMILES string of the molecule is CN1CCCC(C(=O)NCCn2nnc3ccccc3c2=O)C1. The van der Waals surface area contributed by atoms with Gasteiger partial charge in [-0.05, 0) is 38.6 Å². The van der Waals surface area contributed by atoms with Crippen LogP contribution in [0.4, 0.5) is 0 Å². The van der Waals surface area contributed by atoms with Crippen LogP contribution in [0.3, 0.4) is 0 Å². The average molecular weight is 315 g/mol. The summed E-state index contributed by atoms with van der Waals surface area (Å²) in [6, 6.07) is 7.12. The summed E-state index contributed by atoms with van der Waals surface area (Å²) >= 11 is 0. The average Bonchev–Trinajstić information content (AvgIpc) is 2.57. The Bertz CT molecular complexity index is 757. The van der Waals surface area contributed by atoms with Gasteiger partial charge in [-0.25, -0.2) is 4.68 Å². The molecule has 3 rings (SSSR count). The second-order valence-electron chi connectivity index (χ2n) is 6.03. The number of rotatable bonds is 4. The second kappa shape index (κ2) is 6.87. The lowest BCUT2D eigenvalue weighted by Crippen LogP contribution is -2.42. The highest BCUT2D eigenvalue weighted by Crippen LogP contribution is 2.14. The third-order valence-corrected chi connectivity index (χ3v) is 4.25. The molecule has 0 aliphatic carbocycles. The molecule has 7 heteroatoms. The molecule has 1 aromatic heterocycles. The van der Waals surface area contributed by atoms with E-state index in [4.69, 9.17) is 0 Å². The Kier molecular flexibility index (Phi) is 4.66. The fourth-order valence-electron chi connectivity index (χ4n) is 2.98. The first-order chi connectivity index (χ1) is 11.1. The van der Waals surface area contributed by atoms with E-state index in [9.17, 15) is 9.59 Å². The van der Waals surface area contributed by atoms with Gasteiger partial charge in [-0.3, -0.25) is 9.59 Å². The molecule has 0 bridgehead atoms. The zero-order valence-electron chi connectivity index (χ0n) is 13.2. The zero-order valence-corrected chi connectivity index (χ0v) is 13.2. The molecule has 2 aromatic rings. The summed E-state index contributed by atoms with van der Waals surface area (Å²) in [6.45, 7) is 2.55. The van der Waals surface area contributed by atoms with Gasteiger partial charge in [-0.15, -0.1) is 5.10 Å². The molecule has 122 valence electrons. The number of benzene rings is 1. The van der Waals surface area contributed by atoms with Crippen molar-refractivity contribution in [3.8, 4) is 0 Å². The van der Waals surface area contributed by atoms with Gasteiger partial charge in [0.15, 0.2) is 0 Å². The van der Waals surface area contributed by atoms with Gasteiger partial charge in [0.2, 0.25) is 5.91 Å². The first-order valence-corrected chi connectivity index (χ1v) is 7.94. The van der Waals surface area contributed by atoms with Gasteiger partial charge in [0.05, 0.1) is 17.8 Å². The van der Waals surface area contributed by atoms with Crippen LogP contribution in [0.25, 0.3) is 10.9 Å². The predicted octanol–water partition coefficient (Wildman–Crippen LogP) is 0.250. The van der Waals surface area contributed by atoms with Crippen LogP contribution >= 0.6 is 0 Å². The van der Waals surface area contributed by atoms with Gasteiger partial charge in [0.1, 0.15) is 5.52 Å². The van der Waals surface area contributed by atoms with E-state index in [0.717, 1.165) is 25.9 Å². The molecular formula is C16H21N5O2. The lowest BCUT2D eigenvalue weighted by atomic mass is 9.98. The standard InChI is InChI=1S/C16H21N5O2/c1-20-9-4-5-12(11-20)15(22)17-8-10-21-16(23)13-6-2-3-7-14(13)18-19-21/h2-3,6-7,12H,4-5,8-11H2,1H3,(H,17,22). The Labute approximate surface area is 134 Å². The molecule has 2 heterocycles. The quantitative estimate of drug-likeness (QED) is 0.875. The molecule has 1 fully saturated rings. The Morgan fingerprint density at radius 1 is 1.39 bits per heavy atom. The van der Waals surface area contributed by atoms with Crippen LogP contribution in [0, 0.1) is 5.92 Å². The van der Waals surface area contributed by atoms with E-state index in [1.165, 1.54) is 4.68 Å². The van der Waals surface area contributed by atoms with Crippen molar-refractivity contribution >= 4 is 16.8 Å². The normalized spacial score (nSPS) is 18.9. The summed E-state index contributed by atoms with van der Waals surface area (Å²) in [5, 5.41) is 11.4. The summed E-state index contributed by atoms with van der Waals surface area (Å²) < 4.78 is 1.30. The topological polar surface area (TPSA) is 80.1 Å². The second-order valence-corrected chi connectivity index (χ2v) is 6.03. The lowest BCUT2D eigenvalue weighted by Gasteiger charge is -2.28. The first-order valence-electron chi connectivity index (χ1n) is 7.94. The highest BCUT2D eigenvalue weighted by Gasteiger charge is 2.23. The van der Waals surface area contributed by atoms with E-state index < -0.39 is 0 Å². The predicted molar refractivity (Wildman–Crippen MR) is 87.0 cm³/mol. The largest absolute Gasteiger partial charge is 0.354 e. The Morgan fingerprint density at radius 2 is 2.22 bits per heavy atom. The van der Waals surface area contributed by atoms with E-state index in [2.05, 4.69) is 20.5 Å². The maximum Gasteiger partial charge on any atom is 0.277 e. The highest BCUT2D eigenvalue weighted by atomic mass is 16.2. The van der Waals surface area contributed by atoms with Crippen molar-refractivity contribution in [3.63, 3.8) is 0 Å². The van der Waals surface area contributed by atoms with Crippen molar-refractivity contribution in [1.29, 1.82) is 0 Å². The molecule has 1 aliphatic heterocycles. The monoisotopic (exact) mass is 315 g/mol. The van der Waals surface area contributed by atoms with Crippen molar-refractivity contribution in [1.82, 2.24) is 25.2 Å². The molecule has 1 unspecified atom stereocenters. The zero-order chi connectivity index (χ0) is 16.2. The number of nitrogens with zero attached hydrogens (tertiary/aromatic N) is 4. The molecule has 0 radical (unpaired) electrons. The summed E-state index contributed by atoms with van der Waals surface area (Å²) in [7, 11) is 2.03. The van der Waals surface area contributed by atoms with Gasteiger partial charge in [-0.2, -0.15) is 0 Å². The van der Waals surface area contributed by atoms with Crippen molar-refractivity contribution < 1.29 is 4.79 Å². The minimum Gasteiger partial charge on any atom is -0.354 e. The molecule has 23 heavy (non-hydrogen) atoms. The Morgan fingerprint density at radius 3 is 3.04 bits per heavy atom. The van der Waals surface area contributed by atoms with Crippen LogP contribution in [0.5, 0.6) is 0 Å². The third kappa shape index (κ3) is 3.56. The Balaban J connectivity index is 1.59. The number of carbonyl (C=O) groups excluding carboxylic acids is 1. The Hall–Kier alpha value is -2.28. The molecule has 1 aromatic carbocycles. The van der Waals surface area contributed by atoms with E-state index in [1.54, 1.807) is 18.2 Å².